The minimum absolute atomic E-state index is 0.0788. The summed E-state index contributed by atoms with van der Waals surface area (Å²) in [5.41, 5.74) is 2.89. The van der Waals surface area contributed by atoms with Gasteiger partial charge in [-0.05, 0) is 67.8 Å². The largest absolute Gasteiger partial charge is 0.497 e. The van der Waals surface area contributed by atoms with E-state index in [4.69, 9.17) is 4.74 Å². The molecule has 0 heterocycles. The summed E-state index contributed by atoms with van der Waals surface area (Å²) in [6, 6.07) is 19.9. The minimum Gasteiger partial charge on any atom is -0.497 e. The Morgan fingerprint density at radius 2 is 1.63 bits per heavy atom. The zero-order chi connectivity index (χ0) is 27.9. The zero-order valence-corrected chi connectivity index (χ0v) is 23.3. The van der Waals surface area contributed by atoms with E-state index in [1.54, 1.807) is 55.6 Å². The number of sulfonamides is 1. The zero-order valence-electron chi connectivity index (χ0n) is 22.5. The summed E-state index contributed by atoms with van der Waals surface area (Å²) in [5, 5.41) is 2.62. The molecular weight excluding hydrogens is 502 g/mol. The van der Waals surface area contributed by atoms with Crippen LogP contribution in [0.25, 0.3) is 0 Å². The van der Waals surface area contributed by atoms with Crippen molar-refractivity contribution in [3.8, 4) is 5.75 Å². The molecule has 0 bridgehead atoms. The number of carbonyl (C=O) groups is 2. The molecule has 2 amide bonds. The lowest BCUT2D eigenvalue weighted by Gasteiger charge is -2.33. The summed E-state index contributed by atoms with van der Waals surface area (Å²) in [7, 11) is -1.03. The Bertz CT molecular complexity index is 1370. The van der Waals surface area contributed by atoms with Crippen molar-refractivity contribution in [3.05, 3.63) is 89.5 Å². The van der Waals surface area contributed by atoms with Gasteiger partial charge in [-0.3, -0.25) is 13.9 Å². The van der Waals surface area contributed by atoms with Crippen molar-refractivity contribution in [2.45, 2.75) is 44.7 Å². The first-order valence-electron chi connectivity index (χ1n) is 12.4. The van der Waals surface area contributed by atoms with E-state index in [1.165, 1.54) is 24.1 Å². The SMILES string of the molecule is CC[C@H](C(=O)NC)N(Cc1cccc(OC)c1)C(=O)CN(c1cccc(C)c1)S(=O)(=O)c1ccc(C)cc1. The van der Waals surface area contributed by atoms with Crippen molar-refractivity contribution < 1.29 is 22.7 Å². The van der Waals surface area contributed by atoms with Crippen LogP contribution in [0.1, 0.15) is 30.0 Å². The summed E-state index contributed by atoms with van der Waals surface area (Å²) in [5.74, 6) is -0.209. The molecule has 0 aliphatic rings. The molecule has 0 saturated carbocycles. The van der Waals surface area contributed by atoms with Gasteiger partial charge in [0.15, 0.2) is 0 Å². The number of likely N-dealkylation sites (N-methyl/N-ethyl adjacent to an activating group) is 1. The van der Waals surface area contributed by atoms with E-state index in [2.05, 4.69) is 5.32 Å². The van der Waals surface area contributed by atoms with Crippen LogP contribution in [0.2, 0.25) is 0 Å². The molecule has 0 aromatic heterocycles. The van der Waals surface area contributed by atoms with Crippen LogP contribution < -0.4 is 14.4 Å². The number of methoxy groups -OCH3 is 1. The van der Waals surface area contributed by atoms with Crippen molar-refractivity contribution in [2.75, 3.05) is 25.0 Å². The van der Waals surface area contributed by atoms with Gasteiger partial charge in [-0.2, -0.15) is 0 Å². The molecule has 8 nitrogen and oxygen atoms in total. The van der Waals surface area contributed by atoms with Crippen molar-refractivity contribution in [2.24, 2.45) is 0 Å². The molecule has 0 spiro atoms. The van der Waals surface area contributed by atoms with E-state index < -0.39 is 28.5 Å². The average molecular weight is 538 g/mol. The number of ether oxygens (including phenoxy) is 1. The van der Waals surface area contributed by atoms with Gasteiger partial charge in [0.25, 0.3) is 10.0 Å². The number of aryl methyl sites for hydroxylation is 2. The lowest BCUT2D eigenvalue weighted by Crippen LogP contribution is -2.51. The van der Waals surface area contributed by atoms with Crippen LogP contribution in [-0.2, 0) is 26.2 Å². The summed E-state index contributed by atoms with van der Waals surface area (Å²) >= 11 is 0. The molecule has 0 radical (unpaired) electrons. The molecule has 38 heavy (non-hydrogen) atoms. The van der Waals surface area contributed by atoms with Gasteiger partial charge in [0.2, 0.25) is 11.8 Å². The monoisotopic (exact) mass is 537 g/mol. The second-order valence-electron chi connectivity index (χ2n) is 9.08. The molecule has 202 valence electrons. The third kappa shape index (κ3) is 6.72. The molecule has 9 heteroatoms. The van der Waals surface area contributed by atoms with E-state index in [9.17, 15) is 18.0 Å². The van der Waals surface area contributed by atoms with Crippen LogP contribution in [0.15, 0.2) is 77.7 Å². The molecule has 3 rings (SSSR count). The topological polar surface area (TPSA) is 96.0 Å². The van der Waals surface area contributed by atoms with Gasteiger partial charge in [-0.25, -0.2) is 8.42 Å². The Labute approximate surface area is 225 Å². The van der Waals surface area contributed by atoms with E-state index >= 15 is 0 Å². The first-order chi connectivity index (χ1) is 18.1. The molecular formula is C29H35N3O5S. The highest BCUT2D eigenvalue weighted by atomic mass is 32.2. The standard InChI is InChI=1S/C29H35N3O5S/c1-6-27(29(34)30-4)31(19-23-10-8-12-25(18-23)37-5)28(33)20-32(24-11-7-9-22(3)17-24)38(35,36)26-15-13-21(2)14-16-26/h7-18,27H,6,19-20H2,1-5H3,(H,30,34)/t27-/m1/s1. The molecule has 1 N–H and O–H groups in total. The fourth-order valence-electron chi connectivity index (χ4n) is 4.20. The lowest BCUT2D eigenvalue weighted by molar-refractivity contribution is -0.140. The molecule has 0 fully saturated rings. The Morgan fingerprint density at radius 1 is 0.947 bits per heavy atom. The Kier molecular flexibility index (Phi) is 9.52. The summed E-state index contributed by atoms with van der Waals surface area (Å²) in [4.78, 5) is 28.2. The molecule has 3 aromatic rings. The molecule has 0 aliphatic carbocycles. The number of hydrogen-bond donors (Lipinski definition) is 1. The van der Waals surface area contributed by atoms with E-state index in [0.717, 1.165) is 21.0 Å². The van der Waals surface area contributed by atoms with Gasteiger partial charge in [-0.15, -0.1) is 0 Å². The molecule has 1 atom stereocenters. The highest BCUT2D eigenvalue weighted by Gasteiger charge is 2.33. The van der Waals surface area contributed by atoms with E-state index in [1.807, 2.05) is 32.9 Å². The molecule has 3 aromatic carbocycles. The molecule has 0 aliphatic heterocycles. The van der Waals surface area contributed by atoms with Gasteiger partial charge in [0.05, 0.1) is 17.7 Å². The highest BCUT2D eigenvalue weighted by Crippen LogP contribution is 2.26. The number of hydrogen-bond acceptors (Lipinski definition) is 5. The third-order valence-electron chi connectivity index (χ3n) is 6.30. The highest BCUT2D eigenvalue weighted by molar-refractivity contribution is 7.92. The Morgan fingerprint density at radius 3 is 2.24 bits per heavy atom. The fraction of sp³-hybridized carbons (Fsp3) is 0.310. The van der Waals surface area contributed by atoms with Crippen LogP contribution in [0.4, 0.5) is 5.69 Å². The number of carbonyl (C=O) groups excluding carboxylic acids is 2. The predicted molar refractivity (Wildman–Crippen MR) is 149 cm³/mol. The smallest absolute Gasteiger partial charge is 0.264 e. The molecule has 0 saturated heterocycles. The number of rotatable bonds is 11. The lowest BCUT2D eigenvalue weighted by atomic mass is 10.1. The van der Waals surface area contributed by atoms with E-state index in [-0.39, 0.29) is 17.3 Å². The predicted octanol–water partition coefficient (Wildman–Crippen LogP) is 4.06. The number of amides is 2. The molecule has 0 unspecified atom stereocenters. The second kappa shape index (κ2) is 12.6. The van der Waals surface area contributed by atoms with E-state index in [0.29, 0.717) is 17.9 Å². The summed E-state index contributed by atoms with van der Waals surface area (Å²) in [6.07, 6.45) is 0.352. The Balaban J connectivity index is 2.06. The first-order valence-corrected chi connectivity index (χ1v) is 13.8. The van der Waals surface area contributed by atoms with Crippen molar-refractivity contribution >= 4 is 27.5 Å². The van der Waals surface area contributed by atoms with Crippen LogP contribution in [0.3, 0.4) is 0 Å². The van der Waals surface area contributed by atoms with Crippen LogP contribution >= 0.6 is 0 Å². The number of anilines is 1. The summed E-state index contributed by atoms with van der Waals surface area (Å²) in [6.45, 7) is 5.17. The third-order valence-corrected chi connectivity index (χ3v) is 8.08. The number of nitrogens with zero attached hydrogens (tertiary/aromatic N) is 2. The second-order valence-corrected chi connectivity index (χ2v) is 10.9. The average Bonchev–Trinajstić information content (AvgIpc) is 2.91. The van der Waals surface area contributed by atoms with Gasteiger partial charge < -0.3 is 15.0 Å². The van der Waals surface area contributed by atoms with Crippen molar-refractivity contribution in [3.63, 3.8) is 0 Å². The van der Waals surface area contributed by atoms with Gasteiger partial charge in [0, 0.05) is 13.6 Å². The first kappa shape index (κ1) is 28.7. The van der Waals surface area contributed by atoms with Crippen LogP contribution in [0.5, 0.6) is 5.75 Å². The maximum Gasteiger partial charge on any atom is 0.264 e. The van der Waals surface area contributed by atoms with Gasteiger partial charge >= 0.3 is 0 Å². The van der Waals surface area contributed by atoms with Gasteiger partial charge in [-0.1, -0.05) is 48.9 Å². The number of benzene rings is 3. The van der Waals surface area contributed by atoms with Crippen LogP contribution in [-0.4, -0.2) is 51.9 Å². The quantitative estimate of drug-likeness (QED) is 0.398. The Hall–Kier alpha value is -3.85. The van der Waals surface area contributed by atoms with Crippen molar-refractivity contribution in [1.29, 1.82) is 0 Å². The maximum absolute atomic E-state index is 13.9. The fourth-order valence-corrected chi connectivity index (χ4v) is 5.61. The van der Waals surface area contributed by atoms with Crippen molar-refractivity contribution in [1.82, 2.24) is 10.2 Å². The number of nitrogens with one attached hydrogen (secondary N) is 1. The van der Waals surface area contributed by atoms with Gasteiger partial charge in [0.1, 0.15) is 18.3 Å². The maximum atomic E-state index is 13.9. The minimum atomic E-state index is -4.09. The normalized spacial score (nSPS) is 11.9. The summed E-state index contributed by atoms with van der Waals surface area (Å²) < 4.78 is 34.1. The van der Waals surface area contributed by atoms with Crippen LogP contribution in [0, 0.1) is 13.8 Å².